The average Bonchev–Trinajstić information content (AvgIpc) is 2.55. The molecule has 24 heavy (non-hydrogen) atoms. The largest absolute Gasteiger partial charge is 0.408 e. The number of rotatable bonds is 5. The van der Waals surface area contributed by atoms with E-state index in [9.17, 15) is 13.2 Å². The van der Waals surface area contributed by atoms with Crippen LogP contribution in [-0.2, 0) is 0 Å². The fourth-order valence-electron chi connectivity index (χ4n) is 1.45. The van der Waals surface area contributed by atoms with Crippen molar-refractivity contribution in [3.05, 3.63) is 23.3 Å². The van der Waals surface area contributed by atoms with E-state index in [1.807, 2.05) is 0 Å². The third kappa shape index (κ3) is 4.92. The molecule has 2 rings (SSSR count). The Morgan fingerprint density at radius 2 is 1.88 bits per heavy atom. The lowest BCUT2D eigenvalue weighted by atomic mass is 10.3. The summed E-state index contributed by atoms with van der Waals surface area (Å²) in [5, 5.41) is 3.55. The molecule has 2 N–H and O–H groups in total. The molecule has 0 amide bonds. The molecule has 2 aromatic rings. The van der Waals surface area contributed by atoms with Gasteiger partial charge in [-0.3, -0.25) is 0 Å². The first-order chi connectivity index (χ1) is 13.8. The minimum absolute atomic E-state index is 0.223. The van der Waals surface area contributed by atoms with E-state index < -0.39 is 54.0 Å². The number of nitrogens with zero attached hydrogens (tertiary/aromatic N) is 4. The number of hydrogen-bond acceptors (Lipinski definition) is 6. The summed E-state index contributed by atoms with van der Waals surface area (Å²) in [6.07, 6.45) is -5.55. The summed E-state index contributed by atoms with van der Waals surface area (Å²) in [6, 6.07) is -5.34. The minimum Gasteiger partial charge on any atom is -0.352 e. The highest BCUT2D eigenvalue weighted by atomic mass is 35.5. The highest BCUT2D eigenvalue weighted by Crippen LogP contribution is 2.24. The van der Waals surface area contributed by atoms with Crippen molar-refractivity contribution in [1.29, 1.82) is 0 Å². The average molecular weight is 368 g/mol. The monoisotopic (exact) mass is 367 g/mol. The molecule has 2 heterocycles. The van der Waals surface area contributed by atoms with Crippen molar-refractivity contribution < 1.29 is 22.8 Å². The van der Waals surface area contributed by atoms with Crippen LogP contribution in [0.3, 0.4) is 0 Å². The maximum absolute atomic E-state index is 13.4. The van der Waals surface area contributed by atoms with Gasteiger partial charge in [-0.15, -0.1) is 0 Å². The van der Waals surface area contributed by atoms with Crippen LogP contribution in [0.2, 0.25) is 5.15 Å². The Bertz CT molecular complexity index is 943. The molecule has 0 aliphatic carbocycles. The first-order valence-corrected chi connectivity index (χ1v) is 6.75. The van der Waals surface area contributed by atoms with Crippen molar-refractivity contribution in [2.24, 2.45) is 0 Å². The summed E-state index contributed by atoms with van der Waals surface area (Å²) in [5.74, 6) is -1.81. The van der Waals surface area contributed by atoms with Gasteiger partial charge < -0.3 is 10.6 Å². The summed E-state index contributed by atoms with van der Waals surface area (Å²) in [4.78, 5) is 15.0. The predicted molar refractivity (Wildman–Crippen MR) is 86.0 cm³/mol. The molecule has 0 aromatic carbocycles. The number of anilines is 2. The van der Waals surface area contributed by atoms with E-state index in [0.29, 0.717) is 0 Å². The summed E-state index contributed by atoms with van der Waals surface area (Å²) < 4.78 is 92.4. The third-order valence-corrected chi connectivity index (χ3v) is 2.53. The van der Waals surface area contributed by atoms with Crippen LogP contribution >= 0.6 is 11.6 Å². The Morgan fingerprint density at radius 1 is 1.21 bits per heavy atom. The summed E-state index contributed by atoms with van der Waals surface area (Å²) in [5.41, 5.74) is -0.223. The van der Waals surface area contributed by atoms with Gasteiger partial charge in [-0.05, 0) is 32.8 Å². The second-order valence-electron chi connectivity index (χ2n) is 4.63. The van der Waals surface area contributed by atoms with Gasteiger partial charge in [-0.1, -0.05) is 17.6 Å². The Labute approximate surface area is 151 Å². The quantitative estimate of drug-likeness (QED) is 0.783. The molecule has 0 radical (unpaired) electrons. The lowest BCUT2D eigenvalue weighted by Crippen LogP contribution is -2.34. The number of hydrogen-bond donors (Lipinski definition) is 2. The van der Waals surface area contributed by atoms with Gasteiger partial charge in [0.1, 0.15) is 16.9 Å². The highest BCUT2D eigenvalue weighted by molar-refractivity contribution is 6.29. The second kappa shape index (κ2) is 7.16. The number of pyridine rings is 1. The molecule has 1 atom stereocenters. The molecule has 2 aromatic heterocycles. The standard InChI is InChI=1S/C14H16ClF3N6/c1-7(2)19-12-22-11(9-5-4-6-10(15)21-9)23-13(24-12)20-8(3)14(16,17)18/h4-8H,1-3H3,(H2,19,20,22,23,24)/t8-/m1/s1/i3D3,4D,6D,7D,8D. The first kappa shape index (κ1) is 10.7. The summed E-state index contributed by atoms with van der Waals surface area (Å²) in [6.45, 7) is -1.10. The van der Waals surface area contributed by atoms with E-state index in [-0.39, 0.29) is 11.7 Å². The van der Waals surface area contributed by atoms with Gasteiger partial charge in [0.2, 0.25) is 11.9 Å². The van der Waals surface area contributed by atoms with Gasteiger partial charge in [-0.2, -0.15) is 28.1 Å². The van der Waals surface area contributed by atoms with Gasteiger partial charge in [0.25, 0.3) is 0 Å². The molecular weight excluding hydrogens is 345 g/mol. The fourth-order valence-corrected chi connectivity index (χ4v) is 1.60. The Hall–Kier alpha value is -2.16. The summed E-state index contributed by atoms with van der Waals surface area (Å²) >= 11 is 5.78. The normalized spacial score (nSPS) is 19.5. The number of alkyl halides is 3. The molecule has 0 aliphatic heterocycles. The topological polar surface area (TPSA) is 75.6 Å². The molecule has 0 aliphatic rings. The zero-order chi connectivity index (χ0) is 24.0. The molecule has 0 unspecified atom stereocenters. The maximum atomic E-state index is 13.4. The van der Waals surface area contributed by atoms with Gasteiger partial charge in [0.15, 0.2) is 5.82 Å². The molecule has 0 spiro atoms. The molecule has 10 heteroatoms. The van der Waals surface area contributed by atoms with Crippen molar-refractivity contribution in [3.63, 3.8) is 0 Å². The fraction of sp³-hybridized carbons (Fsp3) is 0.429. The predicted octanol–water partition coefficient (Wildman–Crippen LogP) is 3.77. The SMILES string of the molecule is [2H]c1cc(-c2nc(NC([2H])(C)C)nc(N[C@]([2H])(C([2H])([2H])[2H])C(F)(F)F)n2)nc(Cl)c1[2H]. The Balaban J connectivity index is 2.68. The Morgan fingerprint density at radius 3 is 2.42 bits per heavy atom. The van der Waals surface area contributed by atoms with Crippen LogP contribution in [0.1, 0.15) is 30.3 Å². The van der Waals surface area contributed by atoms with E-state index in [1.54, 1.807) is 0 Å². The minimum atomic E-state index is -5.55. The van der Waals surface area contributed by atoms with Crippen LogP contribution in [0, 0.1) is 0 Å². The van der Waals surface area contributed by atoms with E-state index in [1.165, 1.54) is 19.2 Å². The number of nitrogens with one attached hydrogen (secondary N) is 2. The van der Waals surface area contributed by atoms with Crippen molar-refractivity contribution in [2.45, 2.75) is 38.9 Å². The van der Waals surface area contributed by atoms with Crippen LogP contribution in [0.15, 0.2) is 18.2 Å². The highest BCUT2D eigenvalue weighted by Gasteiger charge is 2.36. The molecule has 6 nitrogen and oxygen atoms in total. The number of aromatic nitrogens is 4. The summed E-state index contributed by atoms with van der Waals surface area (Å²) in [7, 11) is 0. The Kier molecular flexibility index (Phi) is 3.18. The molecular formula is C14H16ClF3N6. The molecule has 0 saturated carbocycles. The lowest BCUT2D eigenvalue weighted by Gasteiger charge is -2.18. The van der Waals surface area contributed by atoms with Crippen LogP contribution in [-0.4, -0.2) is 38.1 Å². The second-order valence-corrected chi connectivity index (χ2v) is 4.99. The maximum Gasteiger partial charge on any atom is 0.408 e. The van der Waals surface area contributed by atoms with Gasteiger partial charge in [0.05, 0.1) is 5.48 Å². The number of halogens is 4. The molecule has 0 bridgehead atoms. The smallest absolute Gasteiger partial charge is 0.352 e. The van der Waals surface area contributed by atoms with Crippen molar-refractivity contribution >= 4 is 23.5 Å². The zero-order valence-electron chi connectivity index (χ0n) is 19.4. The van der Waals surface area contributed by atoms with Crippen LogP contribution in [0.25, 0.3) is 11.5 Å². The third-order valence-electron chi connectivity index (χ3n) is 2.35. The van der Waals surface area contributed by atoms with E-state index in [0.717, 1.165) is 6.07 Å². The van der Waals surface area contributed by atoms with Gasteiger partial charge in [0, 0.05) is 10.1 Å². The zero-order valence-corrected chi connectivity index (χ0v) is 13.1. The van der Waals surface area contributed by atoms with Crippen LogP contribution in [0.5, 0.6) is 0 Å². The van der Waals surface area contributed by atoms with Crippen molar-refractivity contribution in [3.8, 4) is 11.5 Å². The molecule has 0 fully saturated rings. The lowest BCUT2D eigenvalue weighted by molar-refractivity contribution is -0.138. The molecule has 0 saturated heterocycles. The first-order valence-electron chi connectivity index (χ1n) is 9.87. The van der Waals surface area contributed by atoms with Crippen LogP contribution < -0.4 is 10.6 Å². The van der Waals surface area contributed by atoms with E-state index in [4.69, 9.17) is 21.2 Å². The van der Waals surface area contributed by atoms with Crippen molar-refractivity contribution in [1.82, 2.24) is 19.9 Å². The van der Waals surface area contributed by atoms with Gasteiger partial charge in [-0.25, -0.2) is 4.98 Å². The van der Waals surface area contributed by atoms with E-state index >= 15 is 0 Å². The van der Waals surface area contributed by atoms with Crippen molar-refractivity contribution in [2.75, 3.05) is 10.6 Å². The van der Waals surface area contributed by atoms with Crippen LogP contribution in [0.4, 0.5) is 25.1 Å². The molecule has 130 valence electrons. The van der Waals surface area contributed by atoms with E-state index in [2.05, 4.69) is 25.3 Å². The van der Waals surface area contributed by atoms with Gasteiger partial charge >= 0.3 is 6.18 Å².